The lowest BCUT2D eigenvalue weighted by Gasteiger charge is -2.32. The van der Waals surface area contributed by atoms with E-state index in [-0.39, 0.29) is 0 Å². The average molecular weight is 310 g/mol. The Labute approximate surface area is 125 Å². The normalized spacial score (nSPS) is 16.4. The van der Waals surface area contributed by atoms with Crippen LogP contribution in [0.25, 0.3) is 0 Å². The maximum absolute atomic E-state index is 12.1. The molecule has 0 aromatic heterocycles. The number of carbonyl (C=O) groups is 4. The van der Waals surface area contributed by atoms with Crippen molar-refractivity contribution < 1.29 is 19.2 Å². The molecule has 7 nitrogen and oxygen atoms in total. The predicted octanol–water partition coefficient (Wildman–Crippen LogP) is 0.945. The molecule has 0 radical (unpaired) electrons. The fourth-order valence-electron chi connectivity index (χ4n) is 1.91. The molecule has 0 spiro atoms. The van der Waals surface area contributed by atoms with E-state index in [9.17, 15) is 19.2 Å². The fourth-order valence-corrected chi connectivity index (χ4v) is 2.10. The average Bonchev–Trinajstić information content (AvgIpc) is 2.43. The fraction of sp³-hybridized carbons (Fsp3) is 0.231. The molecule has 21 heavy (non-hydrogen) atoms. The van der Waals surface area contributed by atoms with Gasteiger partial charge in [-0.1, -0.05) is 17.7 Å². The van der Waals surface area contributed by atoms with E-state index in [4.69, 9.17) is 11.6 Å². The highest BCUT2D eigenvalue weighted by Gasteiger charge is 2.46. The second-order valence-electron chi connectivity index (χ2n) is 4.51. The highest BCUT2D eigenvalue weighted by molar-refractivity contribution is 6.31. The molecular formula is C13H12ClN3O4. The van der Waals surface area contributed by atoms with Crippen molar-refractivity contribution in [1.29, 1.82) is 0 Å². The maximum atomic E-state index is 12.1. The number of anilines is 1. The van der Waals surface area contributed by atoms with Crippen LogP contribution >= 0.6 is 11.6 Å². The Bertz CT molecular complexity index is 622. The van der Waals surface area contributed by atoms with Crippen LogP contribution in [0.4, 0.5) is 10.5 Å². The lowest BCUT2D eigenvalue weighted by molar-refractivity contribution is -0.151. The SMILES string of the molecule is CN1C(=O)C(C(=O)Nc2cccc(Cl)c2)C(=O)N(C)C1=O. The molecule has 1 aliphatic rings. The first kappa shape index (κ1) is 15.0. The summed E-state index contributed by atoms with van der Waals surface area (Å²) in [4.78, 5) is 49.1. The van der Waals surface area contributed by atoms with Crippen LogP contribution in [0.3, 0.4) is 0 Å². The zero-order valence-corrected chi connectivity index (χ0v) is 12.0. The van der Waals surface area contributed by atoms with Gasteiger partial charge in [-0.2, -0.15) is 0 Å². The van der Waals surface area contributed by atoms with Crippen LogP contribution in [0.5, 0.6) is 0 Å². The number of amides is 5. The molecule has 110 valence electrons. The van der Waals surface area contributed by atoms with Crippen LogP contribution in [0, 0.1) is 5.92 Å². The van der Waals surface area contributed by atoms with Crippen molar-refractivity contribution in [3.63, 3.8) is 0 Å². The number of benzene rings is 1. The van der Waals surface area contributed by atoms with Crippen LogP contribution in [-0.4, -0.2) is 47.6 Å². The van der Waals surface area contributed by atoms with Gasteiger partial charge < -0.3 is 5.32 Å². The van der Waals surface area contributed by atoms with E-state index in [1.54, 1.807) is 18.2 Å². The van der Waals surface area contributed by atoms with Gasteiger partial charge in [-0.25, -0.2) is 4.79 Å². The summed E-state index contributed by atoms with van der Waals surface area (Å²) in [6, 6.07) is 5.52. The topological polar surface area (TPSA) is 86.8 Å². The van der Waals surface area contributed by atoms with Gasteiger partial charge in [-0.05, 0) is 18.2 Å². The Morgan fingerprint density at radius 2 is 1.71 bits per heavy atom. The Morgan fingerprint density at radius 1 is 1.14 bits per heavy atom. The Balaban J connectivity index is 2.23. The minimum atomic E-state index is -1.59. The van der Waals surface area contributed by atoms with Crippen molar-refractivity contribution >= 4 is 41.0 Å². The molecule has 1 saturated heterocycles. The summed E-state index contributed by atoms with van der Waals surface area (Å²) in [5.74, 6) is -4.11. The monoisotopic (exact) mass is 309 g/mol. The first-order valence-corrected chi connectivity index (χ1v) is 6.36. The number of hydrogen-bond donors (Lipinski definition) is 1. The highest BCUT2D eigenvalue weighted by Crippen LogP contribution is 2.19. The van der Waals surface area contributed by atoms with E-state index >= 15 is 0 Å². The van der Waals surface area contributed by atoms with Crippen molar-refractivity contribution in [3.8, 4) is 0 Å². The summed E-state index contributed by atoms with van der Waals surface area (Å²) in [7, 11) is 2.43. The second-order valence-corrected chi connectivity index (χ2v) is 4.95. The first-order valence-electron chi connectivity index (χ1n) is 5.98. The third-order valence-corrected chi connectivity index (χ3v) is 3.32. The summed E-state index contributed by atoms with van der Waals surface area (Å²) in [6.07, 6.45) is 0. The van der Waals surface area contributed by atoms with E-state index in [0.29, 0.717) is 10.7 Å². The third kappa shape index (κ3) is 2.73. The number of imide groups is 2. The quantitative estimate of drug-likeness (QED) is 0.824. The van der Waals surface area contributed by atoms with E-state index in [0.717, 1.165) is 9.80 Å². The van der Waals surface area contributed by atoms with Crippen molar-refractivity contribution in [2.45, 2.75) is 0 Å². The minimum absolute atomic E-state index is 0.357. The van der Waals surface area contributed by atoms with Crippen molar-refractivity contribution in [1.82, 2.24) is 9.80 Å². The number of carbonyl (C=O) groups excluding carboxylic acids is 4. The Hall–Kier alpha value is -2.41. The van der Waals surface area contributed by atoms with Crippen LogP contribution in [0.2, 0.25) is 5.02 Å². The molecule has 1 aliphatic heterocycles. The number of rotatable bonds is 2. The lowest BCUT2D eigenvalue weighted by atomic mass is 10.0. The van der Waals surface area contributed by atoms with Gasteiger partial charge in [0.25, 0.3) is 11.8 Å². The van der Waals surface area contributed by atoms with Gasteiger partial charge in [-0.3, -0.25) is 24.2 Å². The van der Waals surface area contributed by atoms with Gasteiger partial charge in [-0.15, -0.1) is 0 Å². The van der Waals surface area contributed by atoms with E-state index < -0.39 is 29.7 Å². The molecule has 0 unspecified atom stereocenters. The van der Waals surface area contributed by atoms with Crippen molar-refractivity contribution in [2.24, 2.45) is 5.92 Å². The summed E-state index contributed by atoms with van der Waals surface area (Å²) in [6.45, 7) is 0. The number of nitrogens with one attached hydrogen (secondary N) is 1. The van der Waals surface area contributed by atoms with E-state index in [1.165, 1.54) is 20.2 Å². The molecule has 1 aromatic rings. The van der Waals surface area contributed by atoms with Gasteiger partial charge in [0.15, 0.2) is 5.92 Å². The number of barbiturate groups is 1. The smallest absolute Gasteiger partial charge is 0.325 e. The van der Waals surface area contributed by atoms with Crippen LogP contribution in [0.15, 0.2) is 24.3 Å². The third-order valence-electron chi connectivity index (χ3n) is 3.08. The number of nitrogens with zero attached hydrogens (tertiary/aromatic N) is 2. The van der Waals surface area contributed by atoms with Gasteiger partial charge in [0.1, 0.15) is 0 Å². The van der Waals surface area contributed by atoms with Gasteiger partial charge in [0.05, 0.1) is 0 Å². The van der Waals surface area contributed by atoms with Gasteiger partial charge >= 0.3 is 6.03 Å². The van der Waals surface area contributed by atoms with Crippen LogP contribution < -0.4 is 5.32 Å². The van der Waals surface area contributed by atoms with Crippen molar-refractivity contribution in [3.05, 3.63) is 29.3 Å². The molecule has 5 amide bonds. The molecule has 2 rings (SSSR count). The second kappa shape index (κ2) is 5.53. The van der Waals surface area contributed by atoms with Gasteiger partial charge in [0, 0.05) is 24.8 Å². The molecule has 1 heterocycles. The molecule has 0 saturated carbocycles. The standard InChI is InChI=1S/C13H12ClN3O4/c1-16-11(19)9(12(20)17(2)13(16)21)10(18)15-8-5-3-4-7(14)6-8/h3-6,9H,1-2H3,(H,15,18). The van der Waals surface area contributed by atoms with E-state index in [2.05, 4.69) is 5.32 Å². The molecular weight excluding hydrogens is 298 g/mol. The van der Waals surface area contributed by atoms with E-state index in [1.807, 2.05) is 0 Å². The summed E-state index contributed by atoms with van der Waals surface area (Å²) >= 11 is 5.79. The highest BCUT2D eigenvalue weighted by atomic mass is 35.5. The maximum Gasteiger partial charge on any atom is 0.332 e. The number of hydrogen-bond acceptors (Lipinski definition) is 4. The predicted molar refractivity (Wildman–Crippen MR) is 74.5 cm³/mol. The lowest BCUT2D eigenvalue weighted by Crippen LogP contribution is -2.59. The number of halogens is 1. The molecule has 0 atom stereocenters. The molecule has 1 aromatic carbocycles. The summed E-state index contributed by atoms with van der Waals surface area (Å²) < 4.78 is 0. The molecule has 1 N–H and O–H groups in total. The Kier molecular flexibility index (Phi) is 3.95. The Morgan fingerprint density at radius 3 is 2.24 bits per heavy atom. The van der Waals surface area contributed by atoms with Crippen LogP contribution in [0.1, 0.15) is 0 Å². The molecule has 0 aliphatic carbocycles. The van der Waals surface area contributed by atoms with Crippen LogP contribution in [-0.2, 0) is 14.4 Å². The number of urea groups is 1. The molecule has 1 fully saturated rings. The van der Waals surface area contributed by atoms with Crippen molar-refractivity contribution in [2.75, 3.05) is 19.4 Å². The zero-order valence-electron chi connectivity index (χ0n) is 11.3. The summed E-state index contributed by atoms with van der Waals surface area (Å²) in [5.41, 5.74) is 0.357. The zero-order chi connectivity index (χ0) is 15.7. The van der Waals surface area contributed by atoms with Gasteiger partial charge in [0.2, 0.25) is 5.91 Å². The molecule has 0 bridgehead atoms. The summed E-state index contributed by atoms with van der Waals surface area (Å²) in [5, 5.41) is 2.84. The minimum Gasteiger partial charge on any atom is -0.325 e. The molecule has 8 heteroatoms. The first-order chi connectivity index (χ1) is 9.82. The largest absolute Gasteiger partial charge is 0.332 e.